The van der Waals surface area contributed by atoms with Crippen molar-refractivity contribution in [3.63, 3.8) is 0 Å². The van der Waals surface area contributed by atoms with E-state index in [0.717, 1.165) is 10.9 Å². The topological polar surface area (TPSA) is 106 Å². The number of ether oxygens (including phenoxy) is 3. The molecule has 0 fully saturated rings. The van der Waals surface area contributed by atoms with Gasteiger partial charge in [-0.15, -0.1) is 0 Å². The van der Waals surface area contributed by atoms with Crippen molar-refractivity contribution in [2.45, 2.75) is 0 Å². The number of halogens is 1. The predicted molar refractivity (Wildman–Crippen MR) is 116 cm³/mol. The van der Waals surface area contributed by atoms with E-state index in [0.29, 0.717) is 39.6 Å². The number of rotatable bonds is 5. The Hall–Kier alpha value is -4.25. The number of aromatic nitrogens is 2. The van der Waals surface area contributed by atoms with Crippen LogP contribution in [0.2, 0.25) is 0 Å². The van der Waals surface area contributed by atoms with Crippen LogP contribution in [0.3, 0.4) is 0 Å². The molecule has 0 saturated heterocycles. The lowest BCUT2D eigenvalue weighted by molar-refractivity contribution is 0.324. The maximum Gasteiger partial charge on any atom is 0.203 e. The van der Waals surface area contributed by atoms with Gasteiger partial charge >= 0.3 is 0 Å². The molecule has 0 amide bonds. The minimum atomic E-state index is -0.341. The number of methoxy groups -OCH3 is 3. The molecule has 8 heteroatoms. The lowest BCUT2D eigenvalue weighted by atomic mass is 9.97. The van der Waals surface area contributed by atoms with Crippen LogP contribution in [0.4, 0.5) is 10.2 Å². The van der Waals surface area contributed by atoms with Gasteiger partial charge in [-0.25, -0.2) is 9.37 Å². The molecule has 0 unspecified atom stereocenters. The molecule has 2 aromatic heterocycles. The van der Waals surface area contributed by atoms with Gasteiger partial charge in [0.25, 0.3) is 0 Å². The lowest BCUT2D eigenvalue weighted by Crippen LogP contribution is -2.01. The summed E-state index contributed by atoms with van der Waals surface area (Å²) >= 11 is 0. The number of anilines is 1. The van der Waals surface area contributed by atoms with Crippen LogP contribution in [-0.2, 0) is 0 Å². The van der Waals surface area contributed by atoms with Crippen molar-refractivity contribution in [1.29, 1.82) is 5.26 Å². The second kappa shape index (κ2) is 7.88. The van der Waals surface area contributed by atoms with Gasteiger partial charge in [0.2, 0.25) is 5.75 Å². The second-order valence-corrected chi connectivity index (χ2v) is 6.73. The molecule has 2 aromatic carbocycles. The third-order valence-corrected chi connectivity index (χ3v) is 5.05. The first-order chi connectivity index (χ1) is 15.0. The molecule has 3 N–H and O–H groups in total. The van der Waals surface area contributed by atoms with Gasteiger partial charge in [0.05, 0.1) is 27.0 Å². The van der Waals surface area contributed by atoms with Crippen LogP contribution in [0.25, 0.3) is 33.3 Å². The summed E-state index contributed by atoms with van der Waals surface area (Å²) in [5.41, 5.74) is 9.49. The molecule has 0 radical (unpaired) electrons. The molecule has 0 atom stereocenters. The average molecular weight is 418 g/mol. The SMILES string of the molecule is COc1cc(-c2cc(-c3c[nH]c4cc(F)ccc34)nc(N)c2C#N)cc(OC)c1OC. The van der Waals surface area contributed by atoms with Gasteiger partial charge in [-0.05, 0) is 42.0 Å². The quantitative estimate of drug-likeness (QED) is 0.494. The van der Waals surface area contributed by atoms with Crippen LogP contribution in [0, 0.1) is 17.1 Å². The summed E-state index contributed by atoms with van der Waals surface area (Å²) in [6.45, 7) is 0. The number of pyridine rings is 1. The molecule has 4 aromatic rings. The summed E-state index contributed by atoms with van der Waals surface area (Å²) in [6.07, 6.45) is 1.73. The molecule has 156 valence electrons. The zero-order chi connectivity index (χ0) is 22.1. The van der Waals surface area contributed by atoms with E-state index >= 15 is 0 Å². The number of nitrogens with two attached hydrogens (primary N) is 1. The molecule has 0 saturated carbocycles. The van der Waals surface area contributed by atoms with Crippen LogP contribution in [0.15, 0.2) is 42.6 Å². The van der Waals surface area contributed by atoms with Gasteiger partial charge in [0.15, 0.2) is 11.5 Å². The number of hydrogen-bond acceptors (Lipinski definition) is 6. The monoisotopic (exact) mass is 418 g/mol. The Morgan fingerprint density at radius 2 is 1.71 bits per heavy atom. The summed E-state index contributed by atoms with van der Waals surface area (Å²) in [5.74, 6) is 1.07. The third-order valence-electron chi connectivity index (χ3n) is 5.05. The lowest BCUT2D eigenvalue weighted by Gasteiger charge is -2.16. The first-order valence-corrected chi connectivity index (χ1v) is 9.28. The largest absolute Gasteiger partial charge is 0.493 e. The zero-order valence-corrected chi connectivity index (χ0v) is 17.1. The number of fused-ring (bicyclic) bond motifs is 1. The molecular formula is C23H19FN4O3. The highest BCUT2D eigenvalue weighted by Gasteiger charge is 2.20. The van der Waals surface area contributed by atoms with Crippen LogP contribution in [0.5, 0.6) is 17.2 Å². The van der Waals surface area contributed by atoms with Crippen molar-refractivity contribution >= 4 is 16.7 Å². The first kappa shape index (κ1) is 20.0. The van der Waals surface area contributed by atoms with Crippen molar-refractivity contribution in [3.05, 3.63) is 54.0 Å². The molecule has 0 aliphatic heterocycles. The Labute approximate surface area is 177 Å². The van der Waals surface area contributed by atoms with Crippen molar-refractivity contribution in [2.75, 3.05) is 27.1 Å². The number of H-pyrrole nitrogens is 1. The smallest absolute Gasteiger partial charge is 0.203 e. The minimum absolute atomic E-state index is 0.0835. The van der Waals surface area contributed by atoms with E-state index in [1.807, 2.05) is 0 Å². The summed E-state index contributed by atoms with van der Waals surface area (Å²) < 4.78 is 29.8. The van der Waals surface area contributed by atoms with E-state index in [9.17, 15) is 9.65 Å². The van der Waals surface area contributed by atoms with Gasteiger partial charge in [0, 0.05) is 28.2 Å². The molecule has 31 heavy (non-hydrogen) atoms. The maximum absolute atomic E-state index is 13.6. The van der Waals surface area contributed by atoms with E-state index < -0.39 is 0 Å². The van der Waals surface area contributed by atoms with Gasteiger partial charge in [-0.1, -0.05) is 0 Å². The molecule has 0 bridgehead atoms. The standard InChI is InChI=1S/C23H19FN4O3/c1-29-20-6-12(7-21(30-2)22(20)31-3)15-9-19(28-23(26)16(15)10-25)17-11-27-18-8-13(24)4-5-14(17)18/h4-9,11,27H,1-3H3,(H2,26,28). The number of hydrogen-bond donors (Lipinski definition) is 2. The summed E-state index contributed by atoms with van der Waals surface area (Å²) in [4.78, 5) is 7.46. The van der Waals surface area contributed by atoms with Crippen molar-refractivity contribution in [2.24, 2.45) is 0 Å². The Kier molecular flexibility index (Phi) is 5.09. The molecule has 2 heterocycles. The highest BCUT2D eigenvalue weighted by atomic mass is 19.1. The molecule has 0 spiro atoms. The van der Waals surface area contributed by atoms with E-state index in [1.165, 1.54) is 33.5 Å². The van der Waals surface area contributed by atoms with Gasteiger partial charge in [-0.2, -0.15) is 5.26 Å². The van der Waals surface area contributed by atoms with Crippen LogP contribution in [0.1, 0.15) is 5.56 Å². The fourth-order valence-corrected chi connectivity index (χ4v) is 3.59. The van der Waals surface area contributed by atoms with Gasteiger partial charge in [-0.3, -0.25) is 0 Å². The Balaban J connectivity index is 1.97. The molecular weight excluding hydrogens is 399 g/mol. The zero-order valence-electron chi connectivity index (χ0n) is 17.1. The Morgan fingerprint density at radius 3 is 2.32 bits per heavy atom. The maximum atomic E-state index is 13.6. The Morgan fingerprint density at radius 1 is 1.00 bits per heavy atom. The van der Waals surface area contributed by atoms with Gasteiger partial charge in [0.1, 0.15) is 23.3 Å². The van der Waals surface area contributed by atoms with Crippen LogP contribution >= 0.6 is 0 Å². The molecule has 4 rings (SSSR count). The van der Waals surface area contributed by atoms with E-state index in [1.54, 1.807) is 30.5 Å². The fraction of sp³-hybridized carbons (Fsp3) is 0.130. The number of nitrogens with zero attached hydrogens (tertiary/aromatic N) is 2. The summed E-state index contributed by atoms with van der Waals surface area (Å²) in [5, 5.41) is 10.5. The average Bonchev–Trinajstić information content (AvgIpc) is 3.20. The van der Waals surface area contributed by atoms with E-state index in [4.69, 9.17) is 19.9 Å². The van der Waals surface area contributed by atoms with Crippen LogP contribution in [-0.4, -0.2) is 31.3 Å². The highest BCUT2D eigenvalue weighted by Crippen LogP contribution is 2.43. The van der Waals surface area contributed by atoms with Crippen molar-refractivity contribution in [3.8, 4) is 45.7 Å². The van der Waals surface area contributed by atoms with Crippen LogP contribution < -0.4 is 19.9 Å². The Bertz CT molecular complexity index is 1320. The third kappa shape index (κ3) is 3.36. The van der Waals surface area contributed by atoms with E-state index in [-0.39, 0.29) is 17.2 Å². The number of nitriles is 1. The highest BCUT2D eigenvalue weighted by molar-refractivity contribution is 5.96. The summed E-state index contributed by atoms with van der Waals surface area (Å²) in [6, 6.07) is 11.8. The first-order valence-electron chi connectivity index (χ1n) is 9.28. The second-order valence-electron chi connectivity index (χ2n) is 6.73. The summed E-state index contributed by atoms with van der Waals surface area (Å²) in [7, 11) is 4.55. The molecule has 7 nitrogen and oxygen atoms in total. The van der Waals surface area contributed by atoms with E-state index in [2.05, 4.69) is 16.0 Å². The number of nitrogen functional groups attached to an aromatic ring is 1. The molecule has 0 aliphatic rings. The number of nitrogens with one attached hydrogen (secondary N) is 1. The fourth-order valence-electron chi connectivity index (χ4n) is 3.59. The predicted octanol–water partition coefficient (Wildman–Crippen LogP) is 4.52. The normalized spacial score (nSPS) is 10.7. The number of benzene rings is 2. The van der Waals surface area contributed by atoms with Crippen molar-refractivity contribution < 1.29 is 18.6 Å². The number of aromatic amines is 1. The van der Waals surface area contributed by atoms with Gasteiger partial charge < -0.3 is 24.9 Å². The minimum Gasteiger partial charge on any atom is -0.493 e. The molecule has 0 aliphatic carbocycles. The van der Waals surface area contributed by atoms with Crippen molar-refractivity contribution in [1.82, 2.24) is 9.97 Å².